The van der Waals surface area contributed by atoms with E-state index in [1.54, 1.807) is 6.07 Å². The first kappa shape index (κ1) is 21.3. The van der Waals surface area contributed by atoms with Crippen molar-refractivity contribution in [3.05, 3.63) is 63.7 Å². The Morgan fingerprint density at radius 3 is 2.53 bits per heavy atom. The number of nitrogens with zero attached hydrogens (tertiary/aromatic N) is 8. The van der Waals surface area contributed by atoms with Crippen LogP contribution >= 0.6 is 0 Å². The van der Waals surface area contributed by atoms with Crippen LogP contribution in [0.15, 0.2) is 36.4 Å². The van der Waals surface area contributed by atoms with Crippen LogP contribution in [0.4, 0.5) is 5.82 Å². The van der Waals surface area contributed by atoms with E-state index in [2.05, 4.69) is 39.6 Å². The summed E-state index contributed by atoms with van der Waals surface area (Å²) in [5.74, 6) is 2.09. The van der Waals surface area contributed by atoms with Crippen molar-refractivity contribution in [2.24, 2.45) is 0 Å². The van der Waals surface area contributed by atoms with Gasteiger partial charge >= 0.3 is 5.82 Å². The van der Waals surface area contributed by atoms with E-state index in [4.69, 9.17) is 4.98 Å². The SMILES string of the molecule is CCCCc1nc(CCC)nn1Cc1ccc(-n2c(-c3nn[nH]n3)ccc2[N+](=O)[O-])cc1. The number of H-pyrrole nitrogens is 1. The molecule has 0 aliphatic carbocycles. The number of nitro groups is 1. The maximum atomic E-state index is 11.6. The molecule has 0 saturated heterocycles. The number of benzene rings is 1. The van der Waals surface area contributed by atoms with Crippen LogP contribution in [-0.2, 0) is 19.4 Å². The highest BCUT2D eigenvalue weighted by atomic mass is 16.6. The molecule has 11 nitrogen and oxygen atoms in total. The Labute approximate surface area is 184 Å². The maximum absolute atomic E-state index is 11.6. The molecule has 0 atom stereocenters. The first-order chi connectivity index (χ1) is 15.6. The lowest BCUT2D eigenvalue weighted by Crippen LogP contribution is -2.08. The van der Waals surface area contributed by atoms with Crippen molar-refractivity contribution >= 4 is 5.82 Å². The predicted octanol–water partition coefficient (Wildman–Crippen LogP) is 3.50. The fraction of sp³-hybridized carbons (Fsp3) is 0.381. The van der Waals surface area contributed by atoms with Gasteiger partial charge in [0.2, 0.25) is 5.82 Å². The number of aromatic nitrogens is 8. The minimum atomic E-state index is -0.428. The van der Waals surface area contributed by atoms with Crippen molar-refractivity contribution in [3.63, 3.8) is 0 Å². The third-order valence-electron chi connectivity index (χ3n) is 5.17. The third kappa shape index (κ3) is 4.41. The third-order valence-corrected chi connectivity index (χ3v) is 5.17. The summed E-state index contributed by atoms with van der Waals surface area (Å²) in [5.41, 5.74) is 2.16. The summed E-state index contributed by atoms with van der Waals surface area (Å²) >= 11 is 0. The van der Waals surface area contributed by atoms with Gasteiger partial charge in [0.15, 0.2) is 11.5 Å². The van der Waals surface area contributed by atoms with Gasteiger partial charge in [0.05, 0.1) is 6.54 Å². The molecule has 166 valence electrons. The van der Waals surface area contributed by atoms with Gasteiger partial charge < -0.3 is 10.1 Å². The number of hydrogen-bond acceptors (Lipinski definition) is 7. The van der Waals surface area contributed by atoms with E-state index in [1.807, 2.05) is 28.9 Å². The second-order valence-electron chi connectivity index (χ2n) is 7.53. The molecule has 4 aromatic rings. The molecule has 0 radical (unpaired) electrons. The fourth-order valence-corrected chi connectivity index (χ4v) is 3.61. The predicted molar refractivity (Wildman–Crippen MR) is 117 cm³/mol. The van der Waals surface area contributed by atoms with Crippen molar-refractivity contribution in [3.8, 4) is 17.2 Å². The fourth-order valence-electron chi connectivity index (χ4n) is 3.61. The molecule has 1 N–H and O–H groups in total. The zero-order valence-electron chi connectivity index (χ0n) is 18.1. The number of aryl methyl sites for hydroxylation is 2. The number of tetrazole rings is 1. The summed E-state index contributed by atoms with van der Waals surface area (Å²) in [6.45, 7) is 4.88. The van der Waals surface area contributed by atoms with E-state index in [0.29, 0.717) is 17.9 Å². The zero-order chi connectivity index (χ0) is 22.5. The first-order valence-corrected chi connectivity index (χ1v) is 10.7. The van der Waals surface area contributed by atoms with Crippen molar-refractivity contribution in [1.82, 2.24) is 40.0 Å². The molecule has 0 fully saturated rings. The van der Waals surface area contributed by atoms with Crippen LogP contribution in [0.1, 0.15) is 50.3 Å². The second kappa shape index (κ2) is 9.50. The van der Waals surface area contributed by atoms with Crippen LogP contribution in [0.2, 0.25) is 0 Å². The molecular formula is C21H25N9O2. The molecule has 11 heteroatoms. The highest BCUT2D eigenvalue weighted by molar-refractivity contribution is 5.60. The van der Waals surface area contributed by atoms with E-state index in [9.17, 15) is 10.1 Å². The molecule has 1 aromatic carbocycles. The Kier molecular flexibility index (Phi) is 6.34. The topological polar surface area (TPSA) is 133 Å². The minimum Gasteiger partial charge on any atom is -0.358 e. The van der Waals surface area contributed by atoms with Crippen LogP contribution in [0.25, 0.3) is 17.2 Å². The molecule has 0 saturated carbocycles. The van der Waals surface area contributed by atoms with Gasteiger partial charge in [-0.05, 0) is 46.7 Å². The van der Waals surface area contributed by atoms with Gasteiger partial charge in [-0.2, -0.15) is 14.9 Å². The van der Waals surface area contributed by atoms with Crippen LogP contribution in [0.3, 0.4) is 0 Å². The van der Waals surface area contributed by atoms with Crippen molar-refractivity contribution in [2.45, 2.75) is 52.5 Å². The van der Waals surface area contributed by atoms with E-state index >= 15 is 0 Å². The zero-order valence-corrected chi connectivity index (χ0v) is 18.1. The molecule has 0 aliphatic heterocycles. The molecule has 3 heterocycles. The summed E-state index contributed by atoms with van der Waals surface area (Å²) in [7, 11) is 0. The van der Waals surface area contributed by atoms with Gasteiger partial charge in [-0.25, -0.2) is 9.67 Å². The Hall–Kier alpha value is -3.89. The monoisotopic (exact) mass is 435 g/mol. The Morgan fingerprint density at radius 2 is 1.88 bits per heavy atom. The summed E-state index contributed by atoms with van der Waals surface area (Å²) in [4.78, 5) is 15.9. The van der Waals surface area contributed by atoms with E-state index < -0.39 is 4.92 Å². The Morgan fingerprint density at radius 1 is 1.06 bits per heavy atom. The van der Waals surface area contributed by atoms with Crippen LogP contribution in [0, 0.1) is 10.1 Å². The minimum absolute atomic E-state index is 0.0696. The van der Waals surface area contributed by atoms with Gasteiger partial charge in [-0.3, -0.25) is 0 Å². The molecule has 0 bridgehead atoms. The van der Waals surface area contributed by atoms with Crippen molar-refractivity contribution in [1.29, 1.82) is 0 Å². The molecule has 0 aliphatic rings. The average Bonchev–Trinajstić information content (AvgIpc) is 3.53. The number of unbranched alkanes of at least 4 members (excludes halogenated alkanes) is 1. The number of nitrogens with one attached hydrogen (secondary N) is 1. The second-order valence-corrected chi connectivity index (χ2v) is 7.53. The van der Waals surface area contributed by atoms with Gasteiger partial charge in [-0.15, -0.1) is 10.2 Å². The number of hydrogen-bond donors (Lipinski definition) is 1. The lowest BCUT2D eigenvalue weighted by molar-refractivity contribution is -0.390. The standard InChI is InChI=1S/C21H25N9O2/c1-3-5-7-19-22-18(6-4-2)25-28(19)14-15-8-10-16(11-9-15)29-17(21-23-26-27-24-21)12-13-20(29)30(31)32/h8-13H,3-7,14H2,1-2H3,(H,23,24,26,27). The lowest BCUT2D eigenvalue weighted by Gasteiger charge is -2.08. The smallest absolute Gasteiger partial charge is 0.328 e. The normalized spacial score (nSPS) is 11.2. The van der Waals surface area contributed by atoms with Gasteiger partial charge in [0.1, 0.15) is 11.5 Å². The highest BCUT2D eigenvalue weighted by Gasteiger charge is 2.24. The lowest BCUT2D eigenvalue weighted by atomic mass is 10.2. The van der Waals surface area contributed by atoms with E-state index in [1.165, 1.54) is 10.6 Å². The summed E-state index contributed by atoms with van der Waals surface area (Å²) < 4.78 is 3.48. The van der Waals surface area contributed by atoms with Crippen LogP contribution in [-0.4, -0.2) is 44.9 Å². The largest absolute Gasteiger partial charge is 0.358 e. The molecule has 3 aromatic heterocycles. The highest BCUT2D eigenvalue weighted by Crippen LogP contribution is 2.28. The molecule has 0 amide bonds. The summed E-state index contributed by atoms with van der Waals surface area (Å²) in [5, 5.41) is 30.1. The van der Waals surface area contributed by atoms with Gasteiger partial charge in [0, 0.05) is 18.9 Å². The Bertz CT molecular complexity index is 1180. The quantitative estimate of drug-likeness (QED) is 0.298. The summed E-state index contributed by atoms with van der Waals surface area (Å²) in [6, 6.07) is 10.6. The number of aromatic amines is 1. The van der Waals surface area contributed by atoms with Gasteiger partial charge in [-0.1, -0.05) is 32.4 Å². The maximum Gasteiger partial charge on any atom is 0.328 e. The average molecular weight is 435 g/mol. The number of rotatable bonds is 10. The summed E-state index contributed by atoms with van der Waals surface area (Å²) in [6.07, 6.45) is 4.93. The van der Waals surface area contributed by atoms with E-state index in [-0.39, 0.29) is 11.6 Å². The van der Waals surface area contributed by atoms with Gasteiger partial charge in [0.25, 0.3) is 0 Å². The van der Waals surface area contributed by atoms with Crippen LogP contribution in [0.5, 0.6) is 0 Å². The first-order valence-electron chi connectivity index (χ1n) is 10.7. The van der Waals surface area contributed by atoms with Crippen molar-refractivity contribution in [2.75, 3.05) is 0 Å². The van der Waals surface area contributed by atoms with E-state index in [0.717, 1.165) is 49.3 Å². The Balaban J connectivity index is 1.63. The molecule has 4 rings (SSSR count). The molecular weight excluding hydrogens is 410 g/mol. The molecule has 0 spiro atoms. The van der Waals surface area contributed by atoms with Crippen molar-refractivity contribution < 1.29 is 4.92 Å². The molecule has 0 unspecified atom stereocenters. The molecule has 32 heavy (non-hydrogen) atoms. The van der Waals surface area contributed by atoms with Crippen LogP contribution < -0.4 is 0 Å².